The van der Waals surface area contributed by atoms with Crippen LogP contribution in [0.25, 0.3) is 0 Å². The Kier molecular flexibility index (Phi) is 5.23. The predicted molar refractivity (Wildman–Crippen MR) is 47.4 cm³/mol. The van der Waals surface area contributed by atoms with Gasteiger partial charge in [-0.05, 0) is 21.0 Å². The van der Waals surface area contributed by atoms with Gasteiger partial charge in [0.1, 0.15) is 0 Å². The first kappa shape index (κ1) is 11.7. The van der Waals surface area contributed by atoms with E-state index in [2.05, 4.69) is 38.1 Å². The van der Waals surface area contributed by atoms with E-state index >= 15 is 0 Å². The molecular weight excluding hydrogens is 198 g/mol. The van der Waals surface area contributed by atoms with Crippen LogP contribution >= 0.6 is 0 Å². The molecule has 12 heavy (non-hydrogen) atoms. The van der Waals surface area contributed by atoms with Gasteiger partial charge in [0, 0.05) is 6.04 Å². The van der Waals surface area contributed by atoms with Crippen LogP contribution in [0.5, 0.6) is 0 Å². The number of hydrogen-bond donors (Lipinski definition) is 0. The van der Waals surface area contributed by atoms with Gasteiger partial charge in [-0.2, -0.15) is 30.3 Å². The summed E-state index contributed by atoms with van der Waals surface area (Å²) in [5.41, 5.74) is 1.25. The first-order chi connectivity index (χ1) is 5.22. The number of rotatable bonds is 2. The summed E-state index contributed by atoms with van der Waals surface area (Å²) >= 11 is 0. The fourth-order valence-electron chi connectivity index (χ4n) is 0.945. The molecule has 1 aromatic carbocycles. The summed E-state index contributed by atoms with van der Waals surface area (Å²) < 4.78 is 0. The predicted octanol–water partition coefficient (Wildman–Crippen LogP) is 2.11. The average molecular weight is 212 g/mol. The Morgan fingerprint density at radius 2 is 2.00 bits per heavy atom. The van der Waals surface area contributed by atoms with E-state index in [4.69, 9.17) is 0 Å². The van der Waals surface area contributed by atoms with Crippen molar-refractivity contribution in [2.24, 2.45) is 0 Å². The van der Waals surface area contributed by atoms with E-state index in [1.165, 1.54) is 5.56 Å². The summed E-state index contributed by atoms with van der Waals surface area (Å²) in [6, 6.07) is 11.8. The Morgan fingerprint density at radius 3 is 2.42 bits per heavy atom. The molecule has 1 atom stereocenters. The summed E-state index contributed by atoms with van der Waals surface area (Å²) in [5.74, 6) is 0. The van der Waals surface area contributed by atoms with Crippen molar-refractivity contribution >= 4 is 0 Å². The minimum absolute atomic E-state index is 0. The van der Waals surface area contributed by atoms with Gasteiger partial charge < -0.3 is 4.90 Å². The average Bonchev–Trinajstić information content (AvgIpc) is 2.05. The Morgan fingerprint density at radius 1 is 1.33 bits per heavy atom. The molecule has 0 N–H and O–H groups in total. The smallest absolute Gasteiger partial charge is 0.305 e. The Labute approximate surface area is 85.2 Å². The van der Waals surface area contributed by atoms with Crippen LogP contribution in [0.2, 0.25) is 0 Å². The van der Waals surface area contributed by atoms with Crippen molar-refractivity contribution in [2.75, 3.05) is 14.1 Å². The van der Waals surface area contributed by atoms with E-state index in [0.29, 0.717) is 6.04 Å². The number of nitrogens with zero attached hydrogens (tertiary/aromatic N) is 1. The van der Waals surface area contributed by atoms with Crippen LogP contribution in [-0.4, -0.2) is 19.0 Å². The van der Waals surface area contributed by atoms with Gasteiger partial charge in [0.15, 0.2) is 0 Å². The molecule has 0 spiro atoms. The van der Waals surface area contributed by atoms with Gasteiger partial charge in [0.25, 0.3) is 0 Å². The quantitative estimate of drug-likeness (QED) is 0.535. The van der Waals surface area contributed by atoms with Crippen molar-refractivity contribution in [3.63, 3.8) is 0 Å². The molecule has 0 aliphatic heterocycles. The molecule has 0 saturated heterocycles. The third-order valence-corrected chi connectivity index (χ3v) is 1.96. The van der Waals surface area contributed by atoms with Crippen molar-refractivity contribution in [3.05, 3.63) is 35.9 Å². The van der Waals surface area contributed by atoms with Gasteiger partial charge in [-0.3, -0.25) is 0 Å². The Balaban J connectivity index is 0.00000121. The van der Waals surface area contributed by atoms with Gasteiger partial charge in [0.05, 0.1) is 0 Å². The molecule has 70 valence electrons. The van der Waals surface area contributed by atoms with Crippen molar-refractivity contribution in [3.8, 4) is 0 Å². The number of benzene rings is 1. The summed E-state index contributed by atoms with van der Waals surface area (Å²) in [7, 11) is 4.15. The third-order valence-electron chi connectivity index (χ3n) is 1.96. The minimum atomic E-state index is 0. The largest absolute Gasteiger partial charge is 1.00 e. The summed E-state index contributed by atoms with van der Waals surface area (Å²) in [4.78, 5) is 2.17. The molecule has 1 unspecified atom stereocenters. The second-order valence-corrected chi connectivity index (χ2v) is 2.96. The second kappa shape index (κ2) is 5.36. The molecular formula is C10H14CuN. The normalized spacial score (nSPS) is 12.3. The Bertz CT molecular complexity index is 208. The van der Waals surface area contributed by atoms with Gasteiger partial charge in [-0.15, -0.1) is 5.56 Å². The molecule has 0 aliphatic carbocycles. The Hall–Kier alpha value is -0.301. The van der Waals surface area contributed by atoms with Gasteiger partial charge in [-0.1, -0.05) is 0 Å². The van der Waals surface area contributed by atoms with E-state index in [1.54, 1.807) is 0 Å². The molecule has 1 rings (SSSR count). The zero-order valence-corrected chi connectivity index (χ0v) is 8.58. The monoisotopic (exact) mass is 211 g/mol. The molecule has 0 radical (unpaired) electrons. The first-order valence-corrected chi connectivity index (χ1v) is 3.85. The molecule has 0 aromatic heterocycles. The maximum absolute atomic E-state index is 3.21. The molecule has 0 fully saturated rings. The topological polar surface area (TPSA) is 3.24 Å². The van der Waals surface area contributed by atoms with Crippen molar-refractivity contribution < 1.29 is 17.1 Å². The fraction of sp³-hybridized carbons (Fsp3) is 0.400. The van der Waals surface area contributed by atoms with E-state index < -0.39 is 0 Å². The van der Waals surface area contributed by atoms with Crippen LogP contribution in [-0.2, 0) is 17.1 Å². The second-order valence-electron chi connectivity index (χ2n) is 2.96. The third kappa shape index (κ3) is 2.98. The van der Waals surface area contributed by atoms with Crippen LogP contribution in [0.3, 0.4) is 0 Å². The minimum Gasteiger partial charge on any atom is -0.305 e. The molecule has 2 heteroatoms. The van der Waals surface area contributed by atoms with Gasteiger partial charge >= 0.3 is 17.1 Å². The van der Waals surface area contributed by atoms with E-state index in [1.807, 2.05) is 18.2 Å². The van der Waals surface area contributed by atoms with Crippen molar-refractivity contribution in [2.45, 2.75) is 13.0 Å². The van der Waals surface area contributed by atoms with Crippen LogP contribution in [0, 0.1) is 6.07 Å². The maximum Gasteiger partial charge on any atom is 1.00 e. The van der Waals surface area contributed by atoms with Crippen LogP contribution in [0.1, 0.15) is 18.5 Å². The maximum atomic E-state index is 3.21. The molecule has 0 saturated carbocycles. The molecule has 0 heterocycles. The number of hydrogen-bond acceptors (Lipinski definition) is 1. The van der Waals surface area contributed by atoms with Crippen LogP contribution in [0.4, 0.5) is 0 Å². The van der Waals surface area contributed by atoms with Gasteiger partial charge in [0.2, 0.25) is 0 Å². The van der Waals surface area contributed by atoms with Crippen molar-refractivity contribution in [1.29, 1.82) is 0 Å². The molecule has 0 aliphatic rings. The van der Waals surface area contributed by atoms with Crippen molar-refractivity contribution in [1.82, 2.24) is 4.90 Å². The molecule has 0 bridgehead atoms. The SMILES string of the molecule is CC(c1[c-]cccc1)N(C)C.[Cu+]. The fourth-order valence-corrected chi connectivity index (χ4v) is 0.945. The standard InChI is InChI=1S/C10H14N.Cu/c1-9(11(2)3)10-7-5-4-6-8-10;/h4-7,9H,1-3H3;/q-1;+1. The molecule has 0 amide bonds. The van der Waals surface area contributed by atoms with E-state index in [9.17, 15) is 0 Å². The summed E-state index contributed by atoms with van der Waals surface area (Å²) in [6.07, 6.45) is 0. The molecule has 1 aromatic rings. The summed E-state index contributed by atoms with van der Waals surface area (Å²) in [6.45, 7) is 2.17. The van der Waals surface area contributed by atoms with Gasteiger partial charge in [-0.25, -0.2) is 0 Å². The van der Waals surface area contributed by atoms with Crippen LogP contribution < -0.4 is 0 Å². The summed E-state index contributed by atoms with van der Waals surface area (Å²) in [5, 5.41) is 0. The zero-order valence-electron chi connectivity index (χ0n) is 7.64. The van der Waals surface area contributed by atoms with E-state index in [0.717, 1.165) is 0 Å². The van der Waals surface area contributed by atoms with E-state index in [-0.39, 0.29) is 17.1 Å². The zero-order chi connectivity index (χ0) is 8.27. The molecule has 1 nitrogen and oxygen atoms in total. The van der Waals surface area contributed by atoms with Crippen LogP contribution in [0.15, 0.2) is 24.3 Å². The first-order valence-electron chi connectivity index (χ1n) is 3.85.